The summed E-state index contributed by atoms with van der Waals surface area (Å²) in [4.78, 5) is 12.5. The molecular weight excluding hydrogens is 318 g/mol. The van der Waals surface area contributed by atoms with E-state index in [0.717, 1.165) is 12.8 Å². The van der Waals surface area contributed by atoms with Gasteiger partial charge in [-0.05, 0) is 31.7 Å². The van der Waals surface area contributed by atoms with E-state index in [1.54, 1.807) is 31.2 Å². The van der Waals surface area contributed by atoms with Gasteiger partial charge in [-0.15, -0.1) is 0 Å². The van der Waals surface area contributed by atoms with Crippen molar-refractivity contribution in [1.82, 2.24) is 4.72 Å². The topological polar surface area (TPSA) is 81.7 Å². The van der Waals surface area contributed by atoms with Crippen LogP contribution >= 0.6 is 0 Å². The van der Waals surface area contributed by atoms with Gasteiger partial charge in [0.1, 0.15) is 0 Å². The van der Waals surface area contributed by atoms with Crippen LogP contribution < -0.4 is 4.72 Å². The first-order valence-corrected chi connectivity index (χ1v) is 9.30. The van der Waals surface area contributed by atoms with Crippen LogP contribution in [0.1, 0.15) is 31.7 Å². The molecule has 7 heteroatoms. The van der Waals surface area contributed by atoms with Crippen molar-refractivity contribution in [3.8, 4) is 0 Å². The molecule has 1 heterocycles. The minimum absolute atomic E-state index is 0.215. The highest BCUT2D eigenvalue weighted by Crippen LogP contribution is 2.25. The summed E-state index contributed by atoms with van der Waals surface area (Å²) in [5.74, 6) is -0.921. The Balaban J connectivity index is 2.09. The molecule has 0 spiro atoms. The van der Waals surface area contributed by atoms with E-state index in [4.69, 9.17) is 9.47 Å². The van der Waals surface area contributed by atoms with E-state index < -0.39 is 21.5 Å². The van der Waals surface area contributed by atoms with Crippen molar-refractivity contribution < 1.29 is 22.7 Å². The van der Waals surface area contributed by atoms with E-state index in [1.165, 1.54) is 7.11 Å². The van der Waals surface area contributed by atoms with Crippen LogP contribution in [0.25, 0.3) is 0 Å². The van der Waals surface area contributed by atoms with Gasteiger partial charge < -0.3 is 9.47 Å². The number of sulfonamides is 1. The molecule has 1 N–H and O–H groups in total. The number of methoxy groups -OCH3 is 1. The third kappa shape index (κ3) is 4.53. The van der Waals surface area contributed by atoms with Gasteiger partial charge in [0.25, 0.3) is 5.91 Å². The zero-order valence-corrected chi connectivity index (χ0v) is 14.3. The van der Waals surface area contributed by atoms with Crippen molar-refractivity contribution in [2.45, 2.75) is 37.9 Å². The summed E-state index contributed by atoms with van der Waals surface area (Å²) < 4.78 is 37.3. The number of carbonyl (C=O) groups is 1. The van der Waals surface area contributed by atoms with Crippen molar-refractivity contribution in [3.05, 3.63) is 35.9 Å². The van der Waals surface area contributed by atoms with Gasteiger partial charge in [-0.25, -0.2) is 8.42 Å². The van der Waals surface area contributed by atoms with Crippen LogP contribution in [0.2, 0.25) is 0 Å². The van der Waals surface area contributed by atoms with Crippen LogP contribution in [0, 0.1) is 0 Å². The van der Waals surface area contributed by atoms with E-state index in [9.17, 15) is 13.2 Å². The summed E-state index contributed by atoms with van der Waals surface area (Å²) in [6.07, 6.45) is 2.21. The van der Waals surface area contributed by atoms with Crippen LogP contribution in [0.3, 0.4) is 0 Å². The Hall–Kier alpha value is -1.44. The normalized spacial score (nSPS) is 21.4. The Labute approximate surface area is 137 Å². The number of benzene rings is 1. The second kappa shape index (κ2) is 7.42. The maximum absolute atomic E-state index is 12.5. The molecule has 0 aromatic heterocycles. The summed E-state index contributed by atoms with van der Waals surface area (Å²) >= 11 is 0. The van der Waals surface area contributed by atoms with Crippen molar-refractivity contribution in [3.63, 3.8) is 0 Å². The fraction of sp³-hybridized carbons (Fsp3) is 0.562. The number of rotatable bonds is 6. The summed E-state index contributed by atoms with van der Waals surface area (Å²) in [7, 11) is -2.41. The lowest BCUT2D eigenvalue weighted by molar-refractivity contribution is -0.140. The van der Waals surface area contributed by atoms with Gasteiger partial charge in [-0.3, -0.25) is 9.52 Å². The van der Waals surface area contributed by atoms with Gasteiger partial charge in [0, 0.05) is 13.7 Å². The van der Waals surface area contributed by atoms with E-state index in [1.807, 2.05) is 6.07 Å². The quantitative estimate of drug-likeness (QED) is 0.849. The summed E-state index contributed by atoms with van der Waals surface area (Å²) in [5.41, 5.74) is -0.786. The maximum Gasteiger partial charge on any atom is 0.270 e. The highest BCUT2D eigenvalue weighted by atomic mass is 32.2. The average molecular weight is 341 g/mol. The van der Waals surface area contributed by atoms with E-state index >= 15 is 0 Å². The smallest absolute Gasteiger partial charge is 0.270 e. The fourth-order valence-electron chi connectivity index (χ4n) is 2.56. The number of carbonyl (C=O) groups excluding carboxylic acids is 1. The lowest BCUT2D eigenvalue weighted by atomic mass is 9.95. The SMILES string of the molecule is CO[C@@](C)(C(=O)NS(=O)(=O)C[C@@H]1CCCCO1)c1ccccc1. The Morgan fingerprint density at radius 3 is 2.61 bits per heavy atom. The Morgan fingerprint density at radius 2 is 2.04 bits per heavy atom. The first-order valence-electron chi connectivity index (χ1n) is 7.64. The largest absolute Gasteiger partial charge is 0.377 e. The highest BCUT2D eigenvalue weighted by molar-refractivity contribution is 7.90. The molecule has 0 unspecified atom stereocenters. The molecule has 0 radical (unpaired) electrons. The van der Waals surface area contributed by atoms with Crippen molar-refractivity contribution in [2.24, 2.45) is 0 Å². The molecule has 1 aliphatic rings. The van der Waals surface area contributed by atoms with Crippen LogP contribution in [-0.2, 0) is 29.9 Å². The number of ether oxygens (including phenoxy) is 2. The number of hydrogen-bond donors (Lipinski definition) is 1. The minimum Gasteiger partial charge on any atom is -0.377 e. The molecular formula is C16H23NO5S. The Bertz CT molecular complexity index is 625. The Morgan fingerprint density at radius 1 is 1.35 bits per heavy atom. The standard InChI is InChI=1S/C16H23NO5S/c1-16(21-2,13-8-4-3-5-9-13)15(18)17-23(19,20)12-14-10-6-7-11-22-14/h3-5,8-9,14H,6-7,10-12H2,1-2H3,(H,17,18)/t14-,16+/m0/s1. The van der Waals surface area contributed by atoms with Gasteiger partial charge in [0.2, 0.25) is 10.0 Å². The summed E-state index contributed by atoms with van der Waals surface area (Å²) in [5, 5.41) is 0. The van der Waals surface area contributed by atoms with Gasteiger partial charge in [0.15, 0.2) is 5.60 Å². The average Bonchev–Trinajstić information content (AvgIpc) is 2.54. The fourth-order valence-corrected chi connectivity index (χ4v) is 3.87. The van der Waals surface area contributed by atoms with Gasteiger partial charge in [-0.1, -0.05) is 30.3 Å². The minimum atomic E-state index is -3.79. The van der Waals surface area contributed by atoms with E-state index in [0.29, 0.717) is 18.6 Å². The molecule has 1 aromatic carbocycles. The van der Waals surface area contributed by atoms with E-state index in [-0.39, 0.29) is 11.9 Å². The first kappa shape index (κ1) is 17.9. The predicted molar refractivity (Wildman–Crippen MR) is 86.3 cm³/mol. The van der Waals surface area contributed by atoms with Crippen LogP contribution in [-0.4, -0.2) is 39.9 Å². The number of amides is 1. The zero-order valence-electron chi connectivity index (χ0n) is 13.4. The molecule has 0 aliphatic carbocycles. The lowest BCUT2D eigenvalue weighted by Gasteiger charge is -2.28. The molecule has 0 bridgehead atoms. The van der Waals surface area contributed by atoms with Crippen LogP contribution in [0.15, 0.2) is 30.3 Å². The maximum atomic E-state index is 12.5. The summed E-state index contributed by atoms with van der Waals surface area (Å²) in [6, 6.07) is 8.79. The molecule has 1 aromatic rings. The molecule has 23 heavy (non-hydrogen) atoms. The van der Waals surface area contributed by atoms with Crippen LogP contribution in [0.4, 0.5) is 0 Å². The van der Waals surface area contributed by atoms with Crippen molar-refractivity contribution in [1.29, 1.82) is 0 Å². The zero-order chi connectivity index (χ0) is 16.9. The van der Waals surface area contributed by atoms with Crippen molar-refractivity contribution in [2.75, 3.05) is 19.5 Å². The molecule has 6 nitrogen and oxygen atoms in total. The molecule has 1 amide bonds. The van der Waals surface area contributed by atoms with Crippen LogP contribution in [0.5, 0.6) is 0 Å². The third-order valence-electron chi connectivity index (χ3n) is 4.09. The Kier molecular flexibility index (Phi) is 5.78. The van der Waals surface area contributed by atoms with Gasteiger partial charge in [0.05, 0.1) is 11.9 Å². The third-order valence-corrected chi connectivity index (χ3v) is 5.40. The molecule has 2 atom stereocenters. The van der Waals surface area contributed by atoms with Gasteiger partial charge in [-0.2, -0.15) is 0 Å². The number of hydrogen-bond acceptors (Lipinski definition) is 5. The van der Waals surface area contributed by atoms with Gasteiger partial charge >= 0.3 is 0 Å². The molecule has 1 fully saturated rings. The molecule has 0 saturated carbocycles. The monoisotopic (exact) mass is 341 g/mol. The molecule has 2 rings (SSSR count). The van der Waals surface area contributed by atoms with Crippen molar-refractivity contribution >= 4 is 15.9 Å². The molecule has 1 aliphatic heterocycles. The molecule has 128 valence electrons. The summed E-state index contributed by atoms with van der Waals surface area (Å²) in [6.45, 7) is 2.11. The highest BCUT2D eigenvalue weighted by Gasteiger charge is 2.38. The second-order valence-electron chi connectivity index (χ2n) is 5.80. The predicted octanol–water partition coefficient (Wildman–Crippen LogP) is 1.56. The first-order chi connectivity index (χ1) is 10.9. The molecule has 1 saturated heterocycles. The number of nitrogens with one attached hydrogen (secondary N) is 1. The lowest BCUT2D eigenvalue weighted by Crippen LogP contribution is -2.48. The second-order valence-corrected chi connectivity index (χ2v) is 7.57. The van der Waals surface area contributed by atoms with E-state index in [2.05, 4.69) is 4.72 Å².